The average molecular weight is 479 g/mol. The van der Waals surface area contributed by atoms with Gasteiger partial charge in [0.1, 0.15) is 23.4 Å². The largest absolute Gasteiger partial charge is 0.482 e. The zero-order valence-corrected chi connectivity index (χ0v) is 19.8. The van der Waals surface area contributed by atoms with E-state index in [1.807, 2.05) is 23.6 Å². The summed E-state index contributed by atoms with van der Waals surface area (Å²) in [5.74, 6) is -0.0613. The second-order valence-electron chi connectivity index (χ2n) is 8.05. The number of aromatic nitrogens is 1. The van der Waals surface area contributed by atoms with Gasteiger partial charge in [0.25, 0.3) is 5.91 Å². The molecule has 1 aromatic carbocycles. The Morgan fingerprint density at radius 2 is 2.24 bits per heavy atom. The lowest BCUT2D eigenvalue weighted by atomic mass is 10.1. The summed E-state index contributed by atoms with van der Waals surface area (Å²) < 4.78 is 5.60. The number of thiazole rings is 1. The van der Waals surface area contributed by atoms with E-state index in [1.54, 1.807) is 11.3 Å². The van der Waals surface area contributed by atoms with Crippen LogP contribution in [0.25, 0.3) is 11.3 Å². The van der Waals surface area contributed by atoms with Crippen LogP contribution in [0, 0.1) is 11.3 Å². The van der Waals surface area contributed by atoms with E-state index in [0.29, 0.717) is 22.0 Å². The van der Waals surface area contributed by atoms with E-state index in [2.05, 4.69) is 23.3 Å². The Morgan fingerprint density at radius 1 is 1.36 bits per heavy atom. The monoisotopic (exact) mass is 478 g/mol. The summed E-state index contributed by atoms with van der Waals surface area (Å²) in [6.07, 6.45) is 4.83. The minimum absolute atomic E-state index is 0.117. The number of amides is 2. The predicted molar refractivity (Wildman–Crippen MR) is 129 cm³/mol. The number of aryl methyl sites for hydroxylation is 2. The SMILES string of the molecule is CCCc1nc(-c2ccc3c(c2)N(CC(=O)Nc2sc4c(c2C#N)CCC4)C(=O)CO3)cs1. The lowest BCUT2D eigenvalue weighted by molar-refractivity contribution is -0.123. The van der Waals surface area contributed by atoms with Crippen molar-refractivity contribution in [3.05, 3.63) is 44.6 Å². The molecule has 2 aromatic heterocycles. The van der Waals surface area contributed by atoms with Gasteiger partial charge < -0.3 is 10.1 Å². The summed E-state index contributed by atoms with van der Waals surface area (Å²) >= 11 is 3.09. The topological polar surface area (TPSA) is 95.3 Å². The summed E-state index contributed by atoms with van der Waals surface area (Å²) in [6.45, 7) is 1.85. The molecule has 3 aromatic rings. The van der Waals surface area contributed by atoms with Crippen LogP contribution in [0.4, 0.5) is 10.7 Å². The Labute approximate surface area is 199 Å². The van der Waals surface area contributed by atoms with Crippen molar-refractivity contribution in [3.8, 4) is 23.1 Å². The van der Waals surface area contributed by atoms with E-state index in [9.17, 15) is 14.9 Å². The summed E-state index contributed by atoms with van der Waals surface area (Å²) in [5, 5.41) is 16.1. The summed E-state index contributed by atoms with van der Waals surface area (Å²) in [5.41, 5.74) is 3.89. The minimum atomic E-state index is -0.336. The van der Waals surface area contributed by atoms with Gasteiger partial charge in [-0.1, -0.05) is 6.92 Å². The third kappa shape index (κ3) is 4.12. The van der Waals surface area contributed by atoms with Crippen molar-refractivity contribution in [2.24, 2.45) is 0 Å². The van der Waals surface area contributed by atoms with Crippen LogP contribution in [0.3, 0.4) is 0 Å². The quantitative estimate of drug-likeness (QED) is 0.561. The number of anilines is 2. The molecule has 1 aliphatic heterocycles. The third-order valence-electron chi connectivity index (χ3n) is 5.80. The lowest BCUT2D eigenvalue weighted by Crippen LogP contribution is -2.43. The summed E-state index contributed by atoms with van der Waals surface area (Å²) in [7, 11) is 0. The number of fused-ring (bicyclic) bond motifs is 2. The molecule has 168 valence electrons. The Morgan fingerprint density at radius 3 is 3.06 bits per heavy atom. The average Bonchev–Trinajstić information content (AvgIpc) is 3.52. The molecule has 0 fully saturated rings. The Hall–Kier alpha value is -3.22. The van der Waals surface area contributed by atoms with Crippen LogP contribution in [0.5, 0.6) is 5.75 Å². The number of nitrogens with one attached hydrogen (secondary N) is 1. The van der Waals surface area contributed by atoms with Crippen molar-refractivity contribution in [2.75, 3.05) is 23.4 Å². The van der Waals surface area contributed by atoms with Gasteiger partial charge in [0.05, 0.1) is 22.0 Å². The van der Waals surface area contributed by atoms with Crippen molar-refractivity contribution < 1.29 is 14.3 Å². The molecule has 1 N–H and O–H groups in total. The number of hydrogen-bond acceptors (Lipinski definition) is 7. The van der Waals surface area contributed by atoms with Crippen molar-refractivity contribution in [1.82, 2.24) is 4.98 Å². The molecule has 0 saturated heterocycles. The number of benzene rings is 1. The molecule has 0 spiro atoms. The number of ether oxygens (including phenoxy) is 1. The Bertz CT molecular complexity index is 1290. The van der Waals surface area contributed by atoms with E-state index in [4.69, 9.17) is 4.74 Å². The number of thiophene rings is 1. The zero-order chi connectivity index (χ0) is 22.9. The fourth-order valence-electron chi connectivity index (χ4n) is 4.23. The number of carbonyl (C=O) groups is 2. The molecule has 0 saturated carbocycles. The fourth-order valence-corrected chi connectivity index (χ4v) is 6.39. The summed E-state index contributed by atoms with van der Waals surface area (Å²) in [6, 6.07) is 7.83. The van der Waals surface area contributed by atoms with Crippen LogP contribution in [0.2, 0.25) is 0 Å². The van der Waals surface area contributed by atoms with Gasteiger partial charge in [0, 0.05) is 15.8 Å². The molecule has 1 aliphatic carbocycles. The van der Waals surface area contributed by atoms with E-state index < -0.39 is 0 Å². The van der Waals surface area contributed by atoms with Crippen LogP contribution >= 0.6 is 22.7 Å². The molecular weight excluding hydrogens is 456 g/mol. The van der Waals surface area contributed by atoms with E-state index in [-0.39, 0.29) is 25.0 Å². The molecule has 5 rings (SSSR count). The smallest absolute Gasteiger partial charge is 0.265 e. The second-order valence-corrected chi connectivity index (χ2v) is 10.1. The van der Waals surface area contributed by atoms with Gasteiger partial charge in [0.15, 0.2) is 6.61 Å². The standard InChI is InChI=1S/C24H22N4O3S2/c1-2-4-22-26-17(13-32-22)14-7-8-19-18(9-14)28(23(30)12-31-19)11-21(29)27-24-16(10-25)15-5-3-6-20(15)33-24/h7-9,13H,2-6,11-12H2,1H3,(H,27,29). The van der Waals surface area contributed by atoms with Gasteiger partial charge in [-0.05, 0) is 55.9 Å². The highest BCUT2D eigenvalue weighted by molar-refractivity contribution is 7.16. The van der Waals surface area contributed by atoms with E-state index in [1.165, 1.54) is 21.1 Å². The molecule has 0 bridgehead atoms. The number of hydrogen-bond donors (Lipinski definition) is 1. The molecule has 0 radical (unpaired) electrons. The van der Waals surface area contributed by atoms with Gasteiger partial charge in [-0.3, -0.25) is 14.5 Å². The molecule has 3 heterocycles. The number of nitriles is 1. The molecule has 9 heteroatoms. The fraction of sp³-hybridized carbons (Fsp3) is 0.333. The first-order valence-corrected chi connectivity index (χ1v) is 12.6. The van der Waals surface area contributed by atoms with Crippen LogP contribution in [0.15, 0.2) is 23.6 Å². The first-order valence-electron chi connectivity index (χ1n) is 10.9. The van der Waals surface area contributed by atoms with Gasteiger partial charge in [-0.2, -0.15) is 5.26 Å². The molecule has 33 heavy (non-hydrogen) atoms. The number of nitrogens with zero attached hydrogens (tertiary/aromatic N) is 3. The first-order chi connectivity index (χ1) is 16.1. The molecule has 0 unspecified atom stereocenters. The van der Waals surface area contributed by atoms with Crippen molar-refractivity contribution in [2.45, 2.75) is 39.0 Å². The maximum atomic E-state index is 12.9. The lowest BCUT2D eigenvalue weighted by Gasteiger charge is -2.29. The van der Waals surface area contributed by atoms with Crippen LogP contribution in [0.1, 0.15) is 40.8 Å². The summed E-state index contributed by atoms with van der Waals surface area (Å²) in [4.78, 5) is 32.9. The predicted octanol–water partition coefficient (Wildman–Crippen LogP) is 4.55. The third-order valence-corrected chi connectivity index (χ3v) is 7.92. The number of carbonyl (C=O) groups excluding carboxylic acids is 2. The highest BCUT2D eigenvalue weighted by Crippen LogP contribution is 2.39. The second kappa shape index (κ2) is 8.96. The Balaban J connectivity index is 1.38. The molecular formula is C24H22N4O3S2. The van der Waals surface area contributed by atoms with E-state index in [0.717, 1.165) is 53.9 Å². The molecule has 2 aliphatic rings. The minimum Gasteiger partial charge on any atom is -0.482 e. The van der Waals surface area contributed by atoms with Gasteiger partial charge in [-0.25, -0.2) is 4.98 Å². The highest BCUT2D eigenvalue weighted by Gasteiger charge is 2.29. The highest BCUT2D eigenvalue weighted by atomic mass is 32.1. The van der Waals surface area contributed by atoms with Crippen LogP contribution in [-0.4, -0.2) is 29.9 Å². The first kappa shape index (κ1) is 21.6. The van der Waals surface area contributed by atoms with Crippen molar-refractivity contribution >= 4 is 45.2 Å². The van der Waals surface area contributed by atoms with Crippen LogP contribution in [-0.2, 0) is 28.9 Å². The van der Waals surface area contributed by atoms with Gasteiger partial charge in [0.2, 0.25) is 5.91 Å². The van der Waals surface area contributed by atoms with E-state index >= 15 is 0 Å². The van der Waals surface area contributed by atoms with Crippen molar-refractivity contribution in [3.63, 3.8) is 0 Å². The molecule has 7 nitrogen and oxygen atoms in total. The number of rotatable bonds is 6. The van der Waals surface area contributed by atoms with Gasteiger partial charge >= 0.3 is 0 Å². The zero-order valence-electron chi connectivity index (χ0n) is 18.1. The van der Waals surface area contributed by atoms with Crippen LogP contribution < -0.4 is 15.0 Å². The van der Waals surface area contributed by atoms with Crippen molar-refractivity contribution in [1.29, 1.82) is 5.26 Å². The van der Waals surface area contributed by atoms with Gasteiger partial charge in [-0.15, -0.1) is 22.7 Å². The maximum Gasteiger partial charge on any atom is 0.265 e. The maximum absolute atomic E-state index is 12.9. The normalized spacial score (nSPS) is 14.4. The molecule has 0 atom stereocenters. The molecule has 2 amide bonds. The Kier molecular flexibility index (Phi) is 5.87.